The number of carbonyl (C=O) groups is 1. The maximum atomic E-state index is 12.0. The van der Waals surface area contributed by atoms with Crippen LogP contribution in [-0.2, 0) is 4.79 Å². The molecule has 0 saturated carbocycles. The van der Waals surface area contributed by atoms with Gasteiger partial charge in [0.25, 0.3) is 5.91 Å². The van der Waals surface area contributed by atoms with Crippen molar-refractivity contribution in [1.82, 2.24) is 5.43 Å². The molecule has 0 fully saturated rings. The third-order valence-electron chi connectivity index (χ3n) is 4.23. The van der Waals surface area contributed by atoms with E-state index in [4.69, 9.17) is 9.47 Å². The zero-order valence-electron chi connectivity index (χ0n) is 15.9. The highest BCUT2D eigenvalue weighted by Crippen LogP contribution is 2.25. The molecule has 0 atom stereocenters. The third-order valence-corrected chi connectivity index (χ3v) is 4.23. The first kappa shape index (κ1) is 19.8. The third kappa shape index (κ3) is 4.86. The molecule has 1 N–H and O–H groups in total. The van der Waals surface area contributed by atoms with E-state index >= 15 is 0 Å². The molecule has 29 heavy (non-hydrogen) atoms. The molecule has 8 heteroatoms. The monoisotopic (exact) mass is 393 g/mol. The summed E-state index contributed by atoms with van der Waals surface area (Å²) in [5.41, 5.74) is 3.66. The lowest BCUT2D eigenvalue weighted by Crippen LogP contribution is -2.25. The lowest BCUT2D eigenvalue weighted by Gasteiger charge is -2.07. The van der Waals surface area contributed by atoms with Crippen LogP contribution in [0.4, 0.5) is 5.69 Å². The maximum absolute atomic E-state index is 12.0. The predicted molar refractivity (Wildman–Crippen MR) is 109 cm³/mol. The Morgan fingerprint density at radius 2 is 1.83 bits per heavy atom. The van der Waals surface area contributed by atoms with Crippen LogP contribution in [0.2, 0.25) is 0 Å². The van der Waals surface area contributed by atoms with Crippen molar-refractivity contribution >= 4 is 28.1 Å². The molecular formula is C21H19N3O5. The number of carbonyl (C=O) groups excluding carboxylic acids is 1. The van der Waals surface area contributed by atoms with Crippen LogP contribution in [0.1, 0.15) is 12.5 Å². The van der Waals surface area contributed by atoms with Crippen molar-refractivity contribution in [3.63, 3.8) is 0 Å². The number of nitrogens with zero attached hydrogens (tertiary/aromatic N) is 2. The van der Waals surface area contributed by atoms with E-state index in [0.717, 1.165) is 22.1 Å². The second-order valence-electron chi connectivity index (χ2n) is 6.17. The number of ether oxygens (including phenoxy) is 2. The van der Waals surface area contributed by atoms with Gasteiger partial charge in [-0.05, 0) is 47.5 Å². The van der Waals surface area contributed by atoms with Crippen LogP contribution in [0.25, 0.3) is 10.8 Å². The van der Waals surface area contributed by atoms with Crippen LogP contribution < -0.4 is 14.9 Å². The maximum Gasteiger partial charge on any atom is 0.310 e. The second kappa shape index (κ2) is 8.83. The van der Waals surface area contributed by atoms with Crippen LogP contribution in [0.5, 0.6) is 11.5 Å². The molecule has 0 aliphatic heterocycles. The van der Waals surface area contributed by atoms with E-state index in [-0.39, 0.29) is 18.0 Å². The van der Waals surface area contributed by atoms with Crippen molar-refractivity contribution in [2.75, 3.05) is 13.7 Å². The number of rotatable bonds is 7. The average molecular weight is 393 g/mol. The summed E-state index contributed by atoms with van der Waals surface area (Å²) in [4.78, 5) is 22.4. The van der Waals surface area contributed by atoms with Crippen LogP contribution in [0.3, 0.4) is 0 Å². The Morgan fingerprint density at radius 3 is 2.59 bits per heavy atom. The first-order chi connectivity index (χ1) is 14.0. The fourth-order valence-electron chi connectivity index (χ4n) is 2.69. The van der Waals surface area contributed by atoms with E-state index < -0.39 is 10.8 Å². The van der Waals surface area contributed by atoms with Crippen LogP contribution >= 0.6 is 0 Å². The molecule has 1 amide bonds. The van der Waals surface area contributed by atoms with E-state index in [1.807, 2.05) is 36.4 Å². The number of nitrogens with one attached hydrogen (secondary N) is 1. The van der Waals surface area contributed by atoms with Crippen LogP contribution in [0, 0.1) is 10.1 Å². The summed E-state index contributed by atoms with van der Waals surface area (Å²) in [6.07, 6.45) is 0. The standard InChI is InChI=1S/C21H19N3O5/c1-14(15-7-8-17-12-18(28-2)10-9-16(17)11-15)22-23-21(25)13-29-20-6-4-3-5-19(20)24(26)27/h3-12H,13H2,1-2H3,(H,23,25)/b22-14-. The molecule has 0 radical (unpaired) electrons. The SMILES string of the molecule is COc1ccc2cc(/C(C)=N\NC(=O)COc3ccccc3[N+](=O)[O-])ccc2c1. The summed E-state index contributed by atoms with van der Waals surface area (Å²) in [5, 5.41) is 17.1. The highest BCUT2D eigenvalue weighted by Gasteiger charge is 2.14. The largest absolute Gasteiger partial charge is 0.497 e. The molecule has 148 valence electrons. The van der Waals surface area contributed by atoms with Gasteiger partial charge in [-0.15, -0.1) is 0 Å². The number of amides is 1. The van der Waals surface area contributed by atoms with Gasteiger partial charge in [-0.25, -0.2) is 5.43 Å². The van der Waals surface area contributed by atoms with Crippen molar-refractivity contribution in [1.29, 1.82) is 0 Å². The number of hydrazone groups is 1. The highest BCUT2D eigenvalue weighted by atomic mass is 16.6. The lowest BCUT2D eigenvalue weighted by molar-refractivity contribution is -0.385. The van der Waals surface area contributed by atoms with Gasteiger partial charge < -0.3 is 9.47 Å². The van der Waals surface area contributed by atoms with E-state index in [0.29, 0.717) is 5.71 Å². The molecule has 0 saturated heterocycles. The zero-order valence-corrected chi connectivity index (χ0v) is 15.9. The van der Waals surface area contributed by atoms with Crippen LogP contribution in [-0.4, -0.2) is 30.3 Å². The molecule has 8 nitrogen and oxygen atoms in total. The number of nitro groups is 1. The Hall–Kier alpha value is -3.94. The molecule has 3 rings (SSSR count). The smallest absolute Gasteiger partial charge is 0.310 e. The molecule has 0 bridgehead atoms. The predicted octanol–water partition coefficient (Wildman–Crippen LogP) is 3.68. The van der Waals surface area contributed by atoms with E-state index in [1.54, 1.807) is 20.1 Å². The molecule has 0 aromatic heterocycles. The summed E-state index contributed by atoms with van der Waals surface area (Å²) >= 11 is 0. The minimum Gasteiger partial charge on any atom is -0.497 e. The molecule has 0 aliphatic carbocycles. The Bertz CT molecular complexity index is 1090. The van der Waals surface area contributed by atoms with Crippen LogP contribution in [0.15, 0.2) is 65.8 Å². The van der Waals surface area contributed by atoms with E-state index in [2.05, 4.69) is 10.5 Å². The average Bonchev–Trinajstić information content (AvgIpc) is 2.75. The number of benzene rings is 3. The van der Waals surface area contributed by atoms with Crippen molar-refractivity contribution in [2.45, 2.75) is 6.92 Å². The fraction of sp³-hybridized carbons (Fsp3) is 0.143. The number of fused-ring (bicyclic) bond motifs is 1. The van der Waals surface area contributed by atoms with E-state index in [9.17, 15) is 14.9 Å². The minimum atomic E-state index is -0.565. The molecule has 0 unspecified atom stereocenters. The lowest BCUT2D eigenvalue weighted by atomic mass is 10.0. The van der Waals surface area contributed by atoms with Crippen molar-refractivity contribution in [3.8, 4) is 11.5 Å². The minimum absolute atomic E-state index is 0.0262. The Labute approximate surface area is 166 Å². The van der Waals surface area contributed by atoms with Gasteiger partial charge in [0.15, 0.2) is 12.4 Å². The molecule has 3 aromatic carbocycles. The Morgan fingerprint density at radius 1 is 1.10 bits per heavy atom. The zero-order chi connectivity index (χ0) is 20.8. The summed E-state index contributed by atoms with van der Waals surface area (Å²) < 4.78 is 10.5. The van der Waals surface area contributed by atoms with Crippen molar-refractivity contribution in [2.24, 2.45) is 5.10 Å². The molecule has 3 aromatic rings. The van der Waals surface area contributed by atoms with Crippen molar-refractivity contribution < 1.29 is 19.2 Å². The van der Waals surface area contributed by atoms with Gasteiger partial charge in [-0.3, -0.25) is 14.9 Å². The second-order valence-corrected chi connectivity index (χ2v) is 6.17. The molecule has 0 aliphatic rings. The summed E-state index contributed by atoms with van der Waals surface area (Å²) in [6, 6.07) is 17.4. The Balaban J connectivity index is 1.64. The van der Waals surface area contributed by atoms with E-state index in [1.165, 1.54) is 18.2 Å². The highest BCUT2D eigenvalue weighted by molar-refractivity contribution is 6.02. The quantitative estimate of drug-likeness (QED) is 0.375. The fourth-order valence-corrected chi connectivity index (χ4v) is 2.69. The first-order valence-electron chi connectivity index (χ1n) is 8.75. The molecule has 0 heterocycles. The number of hydrogen-bond donors (Lipinski definition) is 1. The van der Waals surface area contributed by atoms with Gasteiger partial charge >= 0.3 is 5.69 Å². The summed E-state index contributed by atoms with van der Waals surface area (Å²) in [7, 11) is 1.62. The summed E-state index contributed by atoms with van der Waals surface area (Å²) in [6.45, 7) is 1.38. The first-order valence-corrected chi connectivity index (χ1v) is 8.75. The van der Waals surface area contributed by atoms with Gasteiger partial charge in [-0.1, -0.05) is 30.3 Å². The van der Waals surface area contributed by atoms with Gasteiger partial charge in [-0.2, -0.15) is 5.10 Å². The topological polar surface area (TPSA) is 103 Å². The molecular weight excluding hydrogens is 374 g/mol. The number of hydrogen-bond acceptors (Lipinski definition) is 6. The van der Waals surface area contributed by atoms with Crippen molar-refractivity contribution in [3.05, 3.63) is 76.3 Å². The van der Waals surface area contributed by atoms with Gasteiger partial charge in [0, 0.05) is 6.07 Å². The summed E-state index contributed by atoms with van der Waals surface area (Å²) in [5.74, 6) is 0.285. The number of para-hydroxylation sites is 2. The van der Waals surface area contributed by atoms with Gasteiger partial charge in [0.05, 0.1) is 17.7 Å². The van der Waals surface area contributed by atoms with Gasteiger partial charge in [0.2, 0.25) is 0 Å². The number of methoxy groups -OCH3 is 1. The normalized spacial score (nSPS) is 11.2. The number of nitro benzene ring substituents is 1. The Kier molecular flexibility index (Phi) is 6.03. The van der Waals surface area contributed by atoms with Gasteiger partial charge in [0.1, 0.15) is 5.75 Å². The molecule has 0 spiro atoms.